The number of likely N-dealkylation sites (N-methyl/N-ethyl adjacent to an activating group) is 1. The zero-order valence-corrected chi connectivity index (χ0v) is 15.7. The summed E-state index contributed by atoms with van der Waals surface area (Å²) in [6, 6.07) is 0. The molecule has 0 aromatic carbocycles. The lowest BCUT2D eigenvalue weighted by atomic mass is 10.0. The molecular formula is C14H33IN4. The second-order valence-corrected chi connectivity index (χ2v) is 4.59. The Kier molecular flexibility index (Phi) is 16.1. The molecule has 0 aliphatic rings. The molecule has 0 fully saturated rings. The SMILES string of the molecule is CCC(CC)CNC(=NC)NCCN(CC)CC.I. The van der Waals surface area contributed by atoms with Gasteiger partial charge in [0, 0.05) is 26.7 Å². The highest BCUT2D eigenvalue weighted by atomic mass is 127. The van der Waals surface area contributed by atoms with E-state index >= 15 is 0 Å². The quantitative estimate of drug-likeness (QED) is 0.365. The topological polar surface area (TPSA) is 39.7 Å². The summed E-state index contributed by atoms with van der Waals surface area (Å²) in [6.45, 7) is 14.1. The van der Waals surface area contributed by atoms with Gasteiger partial charge in [0.2, 0.25) is 0 Å². The average molecular weight is 384 g/mol. The number of nitrogens with zero attached hydrogens (tertiary/aromatic N) is 2. The zero-order chi connectivity index (χ0) is 13.8. The van der Waals surface area contributed by atoms with Crippen molar-refractivity contribution in [3.63, 3.8) is 0 Å². The molecule has 0 spiro atoms. The summed E-state index contributed by atoms with van der Waals surface area (Å²) in [5.41, 5.74) is 0. The first kappa shape index (κ1) is 21.3. The fourth-order valence-corrected chi connectivity index (χ4v) is 1.91. The Morgan fingerprint density at radius 3 is 2.05 bits per heavy atom. The number of halogens is 1. The number of hydrogen-bond acceptors (Lipinski definition) is 2. The first-order chi connectivity index (χ1) is 8.71. The molecular weight excluding hydrogens is 351 g/mol. The standard InChI is InChI=1S/C14H32N4.HI/c1-6-13(7-2)12-17-14(15-5)16-10-11-18(8-3)9-4;/h13H,6-12H2,1-5H3,(H2,15,16,17);1H. The molecule has 4 nitrogen and oxygen atoms in total. The van der Waals surface area contributed by atoms with Crippen molar-refractivity contribution in [2.75, 3.05) is 39.8 Å². The highest BCUT2D eigenvalue weighted by Crippen LogP contribution is 2.04. The minimum absolute atomic E-state index is 0. The van der Waals surface area contributed by atoms with E-state index in [1.807, 2.05) is 7.05 Å². The van der Waals surface area contributed by atoms with Crippen molar-refractivity contribution in [3.8, 4) is 0 Å². The second-order valence-electron chi connectivity index (χ2n) is 4.59. The maximum Gasteiger partial charge on any atom is 0.191 e. The summed E-state index contributed by atoms with van der Waals surface area (Å²) in [7, 11) is 1.83. The lowest BCUT2D eigenvalue weighted by Gasteiger charge is -2.20. The van der Waals surface area contributed by atoms with Crippen LogP contribution in [0.2, 0.25) is 0 Å². The van der Waals surface area contributed by atoms with Crippen molar-refractivity contribution in [1.29, 1.82) is 0 Å². The van der Waals surface area contributed by atoms with Gasteiger partial charge in [0.15, 0.2) is 5.96 Å². The van der Waals surface area contributed by atoms with Crippen LogP contribution in [0.25, 0.3) is 0 Å². The first-order valence-corrected chi connectivity index (χ1v) is 7.38. The third-order valence-corrected chi connectivity index (χ3v) is 3.55. The molecule has 116 valence electrons. The van der Waals surface area contributed by atoms with E-state index in [9.17, 15) is 0 Å². The number of nitrogens with one attached hydrogen (secondary N) is 2. The largest absolute Gasteiger partial charge is 0.356 e. The summed E-state index contributed by atoms with van der Waals surface area (Å²) >= 11 is 0. The zero-order valence-electron chi connectivity index (χ0n) is 13.3. The van der Waals surface area contributed by atoms with Gasteiger partial charge in [0.05, 0.1) is 0 Å². The van der Waals surface area contributed by atoms with E-state index in [2.05, 4.69) is 48.2 Å². The van der Waals surface area contributed by atoms with Crippen molar-refractivity contribution in [1.82, 2.24) is 15.5 Å². The van der Waals surface area contributed by atoms with E-state index in [1.54, 1.807) is 0 Å². The summed E-state index contributed by atoms with van der Waals surface area (Å²) in [5.74, 6) is 1.67. The van der Waals surface area contributed by atoms with Gasteiger partial charge in [-0.15, -0.1) is 24.0 Å². The van der Waals surface area contributed by atoms with Crippen LogP contribution < -0.4 is 10.6 Å². The fourth-order valence-electron chi connectivity index (χ4n) is 1.91. The van der Waals surface area contributed by atoms with Crippen molar-refractivity contribution in [3.05, 3.63) is 0 Å². The Balaban J connectivity index is 0. The first-order valence-electron chi connectivity index (χ1n) is 7.38. The lowest BCUT2D eigenvalue weighted by Crippen LogP contribution is -2.43. The Labute approximate surface area is 136 Å². The number of aliphatic imine (C=N–C) groups is 1. The second kappa shape index (κ2) is 14.4. The molecule has 0 bridgehead atoms. The van der Waals surface area contributed by atoms with Crippen LogP contribution in [0.4, 0.5) is 0 Å². The molecule has 2 N–H and O–H groups in total. The molecule has 5 heteroatoms. The molecule has 0 rings (SSSR count). The molecule has 0 radical (unpaired) electrons. The minimum atomic E-state index is 0. The lowest BCUT2D eigenvalue weighted by molar-refractivity contribution is 0.308. The Bertz CT molecular complexity index is 213. The molecule has 0 saturated heterocycles. The van der Waals surface area contributed by atoms with E-state index in [0.717, 1.165) is 44.6 Å². The summed E-state index contributed by atoms with van der Waals surface area (Å²) in [4.78, 5) is 6.66. The molecule has 0 aromatic rings. The molecule has 0 heterocycles. The van der Waals surface area contributed by atoms with Crippen molar-refractivity contribution in [2.24, 2.45) is 10.9 Å². The minimum Gasteiger partial charge on any atom is -0.356 e. The third-order valence-electron chi connectivity index (χ3n) is 3.55. The summed E-state index contributed by atoms with van der Waals surface area (Å²) < 4.78 is 0. The average Bonchev–Trinajstić information content (AvgIpc) is 2.42. The molecule has 0 aliphatic heterocycles. The van der Waals surface area contributed by atoms with Gasteiger partial charge in [-0.1, -0.05) is 40.5 Å². The predicted molar refractivity (Wildman–Crippen MR) is 96.6 cm³/mol. The van der Waals surface area contributed by atoms with Crippen LogP contribution >= 0.6 is 24.0 Å². The van der Waals surface area contributed by atoms with Gasteiger partial charge in [0.25, 0.3) is 0 Å². The fraction of sp³-hybridized carbons (Fsp3) is 0.929. The van der Waals surface area contributed by atoms with E-state index in [-0.39, 0.29) is 24.0 Å². The van der Waals surface area contributed by atoms with Crippen LogP contribution in [0.3, 0.4) is 0 Å². The van der Waals surface area contributed by atoms with Gasteiger partial charge >= 0.3 is 0 Å². The van der Waals surface area contributed by atoms with Crippen molar-refractivity contribution < 1.29 is 0 Å². The number of guanidine groups is 1. The molecule has 0 saturated carbocycles. The van der Waals surface area contributed by atoms with Gasteiger partial charge in [-0.2, -0.15) is 0 Å². The molecule has 0 aliphatic carbocycles. The monoisotopic (exact) mass is 384 g/mol. The van der Waals surface area contributed by atoms with Crippen molar-refractivity contribution in [2.45, 2.75) is 40.5 Å². The summed E-state index contributed by atoms with van der Waals surface area (Å²) in [5, 5.41) is 6.77. The van der Waals surface area contributed by atoms with E-state index in [1.165, 1.54) is 12.8 Å². The summed E-state index contributed by atoms with van der Waals surface area (Å²) in [6.07, 6.45) is 2.44. The van der Waals surface area contributed by atoms with Crippen LogP contribution in [0.1, 0.15) is 40.5 Å². The predicted octanol–water partition coefficient (Wildman–Crippen LogP) is 2.55. The van der Waals surface area contributed by atoms with Gasteiger partial charge in [-0.25, -0.2) is 0 Å². The van der Waals surface area contributed by atoms with Gasteiger partial charge < -0.3 is 15.5 Å². The Hall–Kier alpha value is -0.0400. The Morgan fingerprint density at radius 2 is 1.63 bits per heavy atom. The molecule has 0 atom stereocenters. The van der Waals surface area contributed by atoms with Crippen LogP contribution in [0.5, 0.6) is 0 Å². The van der Waals surface area contributed by atoms with Crippen LogP contribution in [-0.2, 0) is 0 Å². The molecule has 0 aromatic heterocycles. The van der Waals surface area contributed by atoms with E-state index < -0.39 is 0 Å². The smallest absolute Gasteiger partial charge is 0.191 e. The third kappa shape index (κ3) is 10.4. The van der Waals surface area contributed by atoms with Crippen LogP contribution in [-0.4, -0.2) is 50.6 Å². The Morgan fingerprint density at radius 1 is 1.05 bits per heavy atom. The van der Waals surface area contributed by atoms with Crippen LogP contribution in [0.15, 0.2) is 4.99 Å². The highest BCUT2D eigenvalue weighted by molar-refractivity contribution is 14.0. The highest BCUT2D eigenvalue weighted by Gasteiger charge is 2.05. The van der Waals surface area contributed by atoms with Gasteiger partial charge in [-0.3, -0.25) is 4.99 Å². The number of rotatable bonds is 9. The van der Waals surface area contributed by atoms with Gasteiger partial charge in [-0.05, 0) is 19.0 Å². The van der Waals surface area contributed by atoms with Crippen molar-refractivity contribution >= 4 is 29.9 Å². The molecule has 0 unspecified atom stereocenters. The normalized spacial score (nSPS) is 11.6. The molecule has 0 amide bonds. The van der Waals surface area contributed by atoms with E-state index in [4.69, 9.17) is 0 Å². The van der Waals surface area contributed by atoms with E-state index in [0.29, 0.717) is 0 Å². The van der Waals surface area contributed by atoms with Gasteiger partial charge in [0.1, 0.15) is 0 Å². The molecule has 19 heavy (non-hydrogen) atoms. The van der Waals surface area contributed by atoms with Crippen LogP contribution in [0, 0.1) is 5.92 Å². The maximum atomic E-state index is 4.25. The number of hydrogen-bond donors (Lipinski definition) is 2. The maximum absolute atomic E-state index is 4.25.